The van der Waals surface area contributed by atoms with Gasteiger partial charge in [-0.1, -0.05) is 242 Å². The molecule has 0 spiro atoms. The number of hydrogen-bond acceptors (Lipinski definition) is 6. The third kappa shape index (κ3) is 61.2. The molecule has 0 rings (SSSR count). The van der Waals surface area contributed by atoms with Crippen molar-refractivity contribution in [2.45, 2.75) is 232 Å². The third-order valence-corrected chi connectivity index (χ3v) is 11.9. The standard InChI is InChI=1S/C71H108O6/c1-4-7-10-13-16-19-22-25-27-29-31-33-35-37-39-41-43-46-49-52-55-58-61-64-70(73)76-67-68(66-75-69(72)63-60-57-54-51-48-45-24-21-18-15-12-9-6-3)77-71(74)65-62-59-56-53-50-47-44-42-40-38-36-34-32-30-28-26-23-20-17-14-11-8-5-2/h7-8,10-12,15-17,19-21,24-28,31-34,37-40,43-44,46-47,52,55,68H,4-6,9,13-14,18,22-23,29-30,35-36,41-42,45,48-51,53-54,56-67H2,1-3H3/b10-7-,11-8-,15-12-,19-16-,20-17-,24-21-,27-25-,28-26-,33-31-,34-32-,39-37-,40-38-,46-43-,47-44-,55-52-. The molecule has 1 unspecified atom stereocenters. The molecule has 6 nitrogen and oxygen atoms in total. The van der Waals surface area contributed by atoms with Crippen LogP contribution in [0.1, 0.15) is 226 Å². The summed E-state index contributed by atoms with van der Waals surface area (Å²) in [6.45, 7) is 6.24. The van der Waals surface area contributed by atoms with Crippen molar-refractivity contribution < 1.29 is 28.6 Å². The summed E-state index contributed by atoms with van der Waals surface area (Å²) in [4.78, 5) is 38.2. The lowest BCUT2D eigenvalue weighted by molar-refractivity contribution is -0.167. The number of allylic oxidation sites excluding steroid dienone is 30. The van der Waals surface area contributed by atoms with Crippen LogP contribution >= 0.6 is 0 Å². The molecule has 0 aromatic rings. The quantitative estimate of drug-likeness (QED) is 0.0261. The van der Waals surface area contributed by atoms with Gasteiger partial charge >= 0.3 is 17.9 Å². The van der Waals surface area contributed by atoms with E-state index in [0.29, 0.717) is 12.8 Å². The van der Waals surface area contributed by atoms with Crippen LogP contribution in [0.2, 0.25) is 0 Å². The van der Waals surface area contributed by atoms with Crippen LogP contribution in [0.4, 0.5) is 0 Å². The molecule has 0 N–H and O–H groups in total. The highest BCUT2D eigenvalue weighted by atomic mass is 16.6. The zero-order valence-corrected chi connectivity index (χ0v) is 48.9. The van der Waals surface area contributed by atoms with E-state index in [-0.39, 0.29) is 44.0 Å². The molecule has 0 aromatic heterocycles. The van der Waals surface area contributed by atoms with Crippen LogP contribution < -0.4 is 0 Å². The number of rotatable bonds is 52. The Hall–Kier alpha value is -5.49. The second kappa shape index (κ2) is 63.0. The van der Waals surface area contributed by atoms with Crippen LogP contribution in [0.3, 0.4) is 0 Å². The van der Waals surface area contributed by atoms with Crippen LogP contribution in [-0.4, -0.2) is 37.2 Å². The first-order valence-corrected chi connectivity index (χ1v) is 30.3. The highest BCUT2D eigenvalue weighted by Crippen LogP contribution is 2.12. The summed E-state index contributed by atoms with van der Waals surface area (Å²) < 4.78 is 16.8. The zero-order chi connectivity index (χ0) is 55.7. The number of unbranched alkanes of at least 4 members (excludes halogenated alkanes) is 11. The van der Waals surface area contributed by atoms with E-state index in [4.69, 9.17) is 14.2 Å². The fraction of sp³-hybridized carbons (Fsp3) is 0.535. The largest absolute Gasteiger partial charge is 0.462 e. The van der Waals surface area contributed by atoms with Gasteiger partial charge in [-0.15, -0.1) is 0 Å². The van der Waals surface area contributed by atoms with E-state index in [2.05, 4.69) is 203 Å². The van der Waals surface area contributed by atoms with Gasteiger partial charge in [0, 0.05) is 19.3 Å². The molecule has 0 amide bonds. The van der Waals surface area contributed by atoms with Crippen LogP contribution in [-0.2, 0) is 28.6 Å². The molecule has 1 atom stereocenters. The summed E-state index contributed by atoms with van der Waals surface area (Å²) in [6.07, 6.45) is 94.6. The maximum absolute atomic E-state index is 12.9. The van der Waals surface area contributed by atoms with E-state index >= 15 is 0 Å². The molecule has 0 aliphatic carbocycles. The van der Waals surface area contributed by atoms with Crippen molar-refractivity contribution in [1.29, 1.82) is 0 Å². The van der Waals surface area contributed by atoms with E-state index in [9.17, 15) is 14.4 Å². The first kappa shape index (κ1) is 71.5. The monoisotopic (exact) mass is 1060 g/mol. The van der Waals surface area contributed by atoms with E-state index in [0.717, 1.165) is 173 Å². The van der Waals surface area contributed by atoms with Crippen molar-refractivity contribution in [3.63, 3.8) is 0 Å². The maximum atomic E-state index is 12.9. The molecule has 0 aromatic carbocycles. The minimum atomic E-state index is -0.833. The van der Waals surface area contributed by atoms with Crippen molar-refractivity contribution in [2.24, 2.45) is 0 Å². The van der Waals surface area contributed by atoms with Gasteiger partial charge in [-0.25, -0.2) is 0 Å². The van der Waals surface area contributed by atoms with Gasteiger partial charge in [0.1, 0.15) is 13.2 Å². The molecule has 0 saturated carbocycles. The fourth-order valence-corrected chi connectivity index (χ4v) is 7.41. The number of carbonyl (C=O) groups excluding carboxylic acids is 3. The summed E-state index contributed by atoms with van der Waals surface area (Å²) >= 11 is 0. The Balaban J connectivity index is 4.57. The predicted octanol–water partition coefficient (Wildman–Crippen LogP) is 20.9. The number of ether oxygens (including phenoxy) is 3. The van der Waals surface area contributed by atoms with Gasteiger partial charge in [-0.3, -0.25) is 14.4 Å². The molecule has 0 aliphatic rings. The molecule has 0 radical (unpaired) electrons. The molecule has 0 saturated heterocycles. The summed E-state index contributed by atoms with van der Waals surface area (Å²) in [5, 5.41) is 0. The summed E-state index contributed by atoms with van der Waals surface area (Å²) in [5.74, 6) is -1.04. The highest BCUT2D eigenvalue weighted by molar-refractivity contribution is 5.71. The summed E-state index contributed by atoms with van der Waals surface area (Å²) in [6, 6.07) is 0. The van der Waals surface area contributed by atoms with Gasteiger partial charge in [0.15, 0.2) is 6.10 Å². The fourth-order valence-electron chi connectivity index (χ4n) is 7.41. The minimum Gasteiger partial charge on any atom is -0.462 e. The Morgan fingerprint density at radius 2 is 0.519 bits per heavy atom. The second-order valence-electron chi connectivity index (χ2n) is 19.1. The average Bonchev–Trinajstić information content (AvgIpc) is 3.43. The molecule has 428 valence electrons. The average molecular weight is 1060 g/mol. The Labute approximate surface area is 472 Å². The van der Waals surface area contributed by atoms with Crippen molar-refractivity contribution in [1.82, 2.24) is 0 Å². The predicted molar refractivity (Wildman–Crippen MR) is 334 cm³/mol. The van der Waals surface area contributed by atoms with Crippen LogP contribution in [0.15, 0.2) is 182 Å². The lowest BCUT2D eigenvalue weighted by atomic mass is 10.1. The molecule has 0 bridgehead atoms. The van der Waals surface area contributed by atoms with Gasteiger partial charge in [0.05, 0.1) is 0 Å². The molecular formula is C71H108O6. The SMILES string of the molecule is CC/C=C\C/C=C\C/C=C\C/C=C\C/C=C\C/C=C\C/C=C\CCCC(=O)OCC(COC(=O)CCCCCCC/C=C\C/C=C\CCC)OC(=O)CCCCCC/C=C\C/C=C\C/C=C\C/C=C\C/C=C\C/C=C\CC. The van der Waals surface area contributed by atoms with Crippen LogP contribution in [0, 0.1) is 0 Å². The molecule has 6 heteroatoms. The third-order valence-electron chi connectivity index (χ3n) is 11.9. The normalized spacial score (nSPS) is 13.4. The Morgan fingerprint density at radius 3 is 0.844 bits per heavy atom. The van der Waals surface area contributed by atoms with E-state index in [1.54, 1.807) is 0 Å². The number of carbonyl (C=O) groups is 3. The topological polar surface area (TPSA) is 78.9 Å². The lowest BCUT2D eigenvalue weighted by Crippen LogP contribution is -2.30. The van der Waals surface area contributed by atoms with E-state index < -0.39 is 6.10 Å². The van der Waals surface area contributed by atoms with E-state index in [1.165, 1.54) is 6.42 Å². The Morgan fingerprint density at radius 1 is 0.273 bits per heavy atom. The molecular weight excluding hydrogens is 949 g/mol. The van der Waals surface area contributed by atoms with Crippen molar-refractivity contribution in [3.05, 3.63) is 182 Å². The van der Waals surface area contributed by atoms with Crippen LogP contribution in [0.25, 0.3) is 0 Å². The van der Waals surface area contributed by atoms with Crippen molar-refractivity contribution >= 4 is 17.9 Å². The van der Waals surface area contributed by atoms with Gasteiger partial charge in [-0.05, 0) is 148 Å². The number of esters is 3. The van der Waals surface area contributed by atoms with Gasteiger partial charge in [0.2, 0.25) is 0 Å². The van der Waals surface area contributed by atoms with Gasteiger partial charge in [0.25, 0.3) is 0 Å². The smallest absolute Gasteiger partial charge is 0.306 e. The number of hydrogen-bond donors (Lipinski definition) is 0. The first-order chi connectivity index (χ1) is 38.0. The highest BCUT2D eigenvalue weighted by Gasteiger charge is 2.19. The summed E-state index contributed by atoms with van der Waals surface area (Å²) in [5.41, 5.74) is 0. The Kier molecular flexibility index (Phi) is 58.6. The molecule has 77 heavy (non-hydrogen) atoms. The summed E-state index contributed by atoms with van der Waals surface area (Å²) in [7, 11) is 0. The first-order valence-electron chi connectivity index (χ1n) is 30.3. The Bertz CT molecular complexity index is 1840. The van der Waals surface area contributed by atoms with Crippen LogP contribution in [0.5, 0.6) is 0 Å². The van der Waals surface area contributed by atoms with Gasteiger partial charge in [-0.2, -0.15) is 0 Å². The van der Waals surface area contributed by atoms with Gasteiger partial charge < -0.3 is 14.2 Å². The van der Waals surface area contributed by atoms with Crippen molar-refractivity contribution in [2.75, 3.05) is 13.2 Å². The zero-order valence-electron chi connectivity index (χ0n) is 48.9. The minimum absolute atomic E-state index is 0.124. The second-order valence-corrected chi connectivity index (χ2v) is 19.1. The van der Waals surface area contributed by atoms with Crippen molar-refractivity contribution in [3.8, 4) is 0 Å². The molecule has 0 fully saturated rings. The lowest BCUT2D eigenvalue weighted by Gasteiger charge is -2.18. The molecule has 0 aliphatic heterocycles. The molecule has 0 heterocycles. The maximum Gasteiger partial charge on any atom is 0.306 e. The van der Waals surface area contributed by atoms with E-state index in [1.807, 2.05) is 0 Å².